The maximum Gasteiger partial charge on any atom is 0.354 e. The Morgan fingerprint density at radius 1 is 1.59 bits per heavy atom. The zero-order chi connectivity index (χ0) is 12.6. The van der Waals surface area contributed by atoms with Crippen molar-refractivity contribution in [1.29, 1.82) is 0 Å². The van der Waals surface area contributed by atoms with E-state index < -0.39 is 5.97 Å². The summed E-state index contributed by atoms with van der Waals surface area (Å²) in [4.78, 5) is 15.5. The molecule has 0 unspecified atom stereocenters. The number of aryl methyl sites for hydroxylation is 2. The van der Waals surface area contributed by atoms with Gasteiger partial charge in [0.05, 0.1) is 12.8 Å². The van der Waals surface area contributed by atoms with Crippen LogP contribution in [0.5, 0.6) is 5.75 Å². The first-order valence-corrected chi connectivity index (χ1v) is 5.37. The molecule has 1 N–H and O–H groups in total. The average molecular weight is 234 g/mol. The molecule has 90 valence electrons. The Balaban J connectivity index is 2.79. The standard InChI is InChI=1S/C12H14N2O3/c1-4-8-11(12(15)16)14-6-7(2)9(17-3)5-10(14)13-8/h5-6H,4H2,1-3H3,(H,15,16). The molecule has 0 radical (unpaired) electrons. The minimum Gasteiger partial charge on any atom is -0.496 e. The van der Waals surface area contributed by atoms with Gasteiger partial charge < -0.3 is 9.84 Å². The summed E-state index contributed by atoms with van der Waals surface area (Å²) in [7, 11) is 1.58. The molecule has 0 saturated carbocycles. The minimum absolute atomic E-state index is 0.230. The van der Waals surface area contributed by atoms with Crippen LogP contribution in [0.2, 0.25) is 0 Å². The van der Waals surface area contributed by atoms with E-state index in [1.807, 2.05) is 13.8 Å². The number of carboxylic acid groups (broad SMARTS) is 1. The monoisotopic (exact) mass is 234 g/mol. The molecule has 0 fully saturated rings. The van der Waals surface area contributed by atoms with Crippen LogP contribution < -0.4 is 4.74 Å². The van der Waals surface area contributed by atoms with Gasteiger partial charge in [0.1, 0.15) is 11.4 Å². The minimum atomic E-state index is -0.959. The second-order valence-corrected chi connectivity index (χ2v) is 3.82. The van der Waals surface area contributed by atoms with Crippen LogP contribution in [0.15, 0.2) is 12.3 Å². The maximum atomic E-state index is 11.2. The van der Waals surface area contributed by atoms with Gasteiger partial charge in [-0.2, -0.15) is 0 Å². The highest BCUT2D eigenvalue weighted by Gasteiger charge is 2.18. The molecule has 0 saturated heterocycles. The van der Waals surface area contributed by atoms with Crippen LogP contribution in [0.3, 0.4) is 0 Å². The Kier molecular flexibility index (Phi) is 2.75. The lowest BCUT2D eigenvalue weighted by Crippen LogP contribution is -2.05. The summed E-state index contributed by atoms with van der Waals surface area (Å²) in [6.45, 7) is 3.76. The molecule has 0 atom stereocenters. The predicted octanol–water partition coefficient (Wildman–Crippen LogP) is 1.91. The van der Waals surface area contributed by atoms with Crippen LogP contribution in [0.4, 0.5) is 0 Å². The molecule has 0 spiro atoms. The van der Waals surface area contributed by atoms with Crippen LogP contribution >= 0.6 is 0 Å². The Bertz CT molecular complexity index is 587. The molecular weight excluding hydrogens is 220 g/mol. The molecule has 17 heavy (non-hydrogen) atoms. The van der Waals surface area contributed by atoms with Gasteiger partial charge in [0.15, 0.2) is 5.69 Å². The summed E-state index contributed by atoms with van der Waals surface area (Å²) >= 11 is 0. The number of carboxylic acids is 1. The number of rotatable bonds is 3. The van der Waals surface area contributed by atoms with Crippen molar-refractivity contribution in [3.05, 3.63) is 29.2 Å². The van der Waals surface area contributed by atoms with Gasteiger partial charge in [-0.05, 0) is 13.3 Å². The van der Waals surface area contributed by atoms with E-state index in [2.05, 4.69) is 4.98 Å². The van der Waals surface area contributed by atoms with Crippen molar-refractivity contribution in [3.8, 4) is 5.75 Å². The number of hydrogen-bond acceptors (Lipinski definition) is 3. The molecule has 2 heterocycles. The van der Waals surface area contributed by atoms with E-state index >= 15 is 0 Å². The van der Waals surface area contributed by atoms with Gasteiger partial charge in [0.2, 0.25) is 0 Å². The van der Waals surface area contributed by atoms with Crippen LogP contribution in [0.1, 0.15) is 28.7 Å². The topological polar surface area (TPSA) is 63.8 Å². The lowest BCUT2D eigenvalue weighted by Gasteiger charge is -2.05. The quantitative estimate of drug-likeness (QED) is 0.881. The first kappa shape index (κ1) is 11.4. The zero-order valence-corrected chi connectivity index (χ0v) is 10.0. The third-order valence-electron chi connectivity index (χ3n) is 2.74. The molecular formula is C12H14N2O3. The average Bonchev–Trinajstić information content (AvgIpc) is 2.65. The highest BCUT2D eigenvalue weighted by atomic mass is 16.5. The fraction of sp³-hybridized carbons (Fsp3) is 0.333. The highest BCUT2D eigenvalue weighted by molar-refractivity contribution is 5.88. The number of ether oxygens (including phenoxy) is 1. The third-order valence-corrected chi connectivity index (χ3v) is 2.74. The van der Waals surface area contributed by atoms with Gasteiger partial charge in [0.25, 0.3) is 0 Å². The van der Waals surface area contributed by atoms with Crippen molar-refractivity contribution >= 4 is 11.6 Å². The molecule has 0 bridgehead atoms. The van der Waals surface area contributed by atoms with Crippen LogP contribution in [-0.2, 0) is 6.42 Å². The number of methoxy groups -OCH3 is 1. The van der Waals surface area contributed by atoms with Crippen molar-refractivity contribution < 1.29 is 14.6 Å². The smallest absolute Gasteiger partial charge is 0.354 e. The highest BCUT2D eigenvalue weighted by Crippen LogP contribution is 2.22. The van der Waals surface area contributed by atoms with Gasteiger partial charge in [-0.15, -0.1) is 0 Å². The summed E-state index contributed by atoms with van der Waals surface area (Å²) in [5.74, 6) is -0.249. The molecule has 0 aliphatic carbocycles. The van der Waals surface area contributed by atoms with Gasteiger partial charge in [-0.25, -0.2) is 9.78 Å². The van der Waals surface area contributed by atoms with E-state index in [1.54, 1.807) is 23.8 Å². The molecule has 5 nitrogen and oxygen atoms in total. The van der Waals surface area contributed by atoms with Crippen molar-refractivity contribution in [2.75, 3.05) is 7.11 Å². The molecule has 5 heteroatoms. The number of fused-ring (bicyclic) bond motifs is 1. The number of imidazole rings is 1. The summed E-state index contributed by atoms with van der Waals surface area (Å²) in [6.07, 6.45) is 2.33. The summed E-state index contributed by atoms with van der Waals surface area (Å²) in [5, 5.41) is 9.21. The molecule has 2 rings (SSSR count). The Hall–Kier alpha value is -2.04. The van der Waals surface area contributed by atoms with E-state index in [1.165, 1.54) is 0 Å². The number of carbonyl (C=O) groups is 1. The van der Waals surface area contributed by atoms with Gasteiger partial charge >= 0.3 is 5.97 Å². The number of aromatic nitrogens is 2. The first-order valence-electron chi connectivity index (χ1n) is 5.37. The van der Waals surface area contributed by atoms with Gasteiger partial charge in [-0.3, -0.25) is 4.40 Å². The van der Waals surface area contributed by atoms with E-state index in [9.17, 15) is 9.90 Å². The van der Waals surface area contributed by atoms with Gasteiger partial charge in [0, 0.05) is 17.8 Å². The van der Waals surface area contributed by atoms with E-state index in [0.717, 1.165) is 5.56 Å². The van der Waals surface area contributed by atoms with E-state index in [-0.39, 0.29) is 5.69 Å². The first-order chi connectivity index (χ1) is 8.08. The van der Waals surface area contributed by atoms with Crippen molar-refractivity contribution in [2.24, 2.45) is 0 Å². The fourth-order valence-electron chi connectivity index (χ4n) is 1.91. The van der Waals surface area contributed by atoms with Crippen LogP contribution in [0, 0.1) is 6.92 Å². The molecule has 0 aliphatic rings. The fourth-order valence-corrected chi connectivity index (χ4v) is 1.91. The summed E-state index contributed by atoms with van der Waals surface area (Å²) in [6, 6.07) is 1.75. The van der Waals surface area contributed by atoms with E-state index in [4.69, 9.17) is 4.74 Å². The molecule has 0 aromatic carbocycles. The normalized spacial score (nSPS) is 10.8. The summed E-state index contributed by atoms with van der Waals surface area (Å²) < 4.78 is 6.79. The van der Waals surface area contributed by atoms with Gasteiger partial charge in [-0.1, -0.05) is 6.92 Å². The molecule has 2 aromatic rings. The zero-order valence-electron chi connectivity index (χ0n) is 10.0. The predicted molar refractivity (Wildman–Crippen MR) is 62.8 cm³/mol. The van der Waals surface area contributed by atoms with Crippen molar-refractivity contribution in [1.82, 2.24) is 9.38 Å². The summed E-state index contributed by atoms with van der Waals surface area (Å²) in [5.41, 5.74) is 2.29. The van der Waals surface area contributed by atoms with E-state index in [0.29, 0.717) is 23.5 Å². The number of nitrogens with zero attached hydrogens (tertiary/aromatic N) is 2. The molecule has 0 aliphatic heterocycles. The lowest BCUT2D eigenvalue weighted by molar-refractivity contribution is 0.0688. The van der Waals surface area contributed by atoms with Crippen molar-refractivity contribution in [2.45, 2.75) is 20.3 Å². The number of aromatic carboxylic acids is 1. The van der Waals surface area contributed by atoms with Crippen LogP contribution in [0.25, 0.3) is 5.65 Å². The van der Waals surface area contributed by atoms with Crippen LogP contribution in [-0.4, -0.2) is 27.6 Å². The largest absolute Gasteiger partial charge is 0.496 e. The SMILES string of the molecule is CCc1nc2cc(OC)c(C)cn2c1C(=O)O. The molecule has 0 amide bonds. The number of pyridine rings is 1. The van der Waals surface area contributed by atoms with Crippen molar-refractivity contribution in [3.63, 3.8) is 0 Å². The lowest BCUT2D eigenvalue weighted by atomic mass is 10.2. The molecule has 2 aromatic heterocycles. The number of hydrogen-bond donors (Lipinski definition) is 1. The maximum absolute atomic E-state index is 11.2. The second-order valence-electron chi connectivity index (χ2n) is 3.82. The third kappa shape index (κ3) is 1.73. The Labute approximate surface area is 98.7 Å². The second kappa shape index (κ2) is 4.08. The Morgan fingerprint density at radius 3 is 2.82 bits per heavy atom. The Morgan fingerprint density at radius 2 is 2.29 bits per heavy atom.